The highest BCUT2D eigenvalue weighted by Gasteiger charge is 2.11. The van der Waals surface area contributed by atoms with Gasteiger partial charge in [0.05, 0.1) is 6.61 Å². The molecule has 4 nitrogen and oxygen atoms in total. The molecular weight excluding hydrogens is 204 g/mol. The quantitative estimate of drug-likeness (QED) is 0.556. The van der Waals surface area contributed by atoms with E-state index >= 15 is 0 Å². The third-order valence-electron chi connectivity index (χ3n) is 2.27. The molecule has 0 aliphatic heterocycles. The summed E-state index contributed by atoms with van der Waals surface area (Å²) in [7, 11) is 0. The Morgan fingerprint density at radius 2 is 1.94 bits per heavy atom. The normalized spacial score (nSPS) is 12.4. The molecule has 1 amide bonds. The lowest BCUT2D eigenvalue weighted by Gasteiger charge is -2.13. The highest BCUT2D eigenvalue weighted by molar-refractivity contribution is 5.80. The van der Waals surface area contributed by atoms with E-state index in [9.17, 15) is 4.79 Å². The number of carbonyl (C=O) groups is 1. The number of rotatable bonds is 10. The van der Waals surface area contributed by atoms with Crippen molar-refractivity contribution in [2.75, 3.05) is 26.2 Å². The van der Waals surface area contributed by atoms with Gasteiger partial charge in [0, 0.05) is 13.1 Å². The number of amides is 1. The van der Waals surface area contributed by atoms with Crippen LogP contribution >= 0.6 is 0 Å². The highest BCUT2D eigenvalue weighted by atomic mass is 16.5. The molecule has 0 saturated heterocycles. The first kappa shape index (κ1) is 15.4. The Bertz CT molecular complexity index is 174. The average Bonchev–Trinajstić information content (AvgIpc) is 2.28. The Labute approximate surface area is 99.1 Å². The van der Waals surface area contributed by atoms with Crippen LogP contribution < -0.4 is 10.6 Å². The third-order valence-corrected chi connectivity index (χ3v) is 2.27. The van der Waals surface area contributed by atoms with E-state index in [1.165, 1.54) is 0 Å². The standard InChI is InChI=1S/C12H26N2O2/c1-4-6-8-14-12(15)11(3)16-10-9-13-7-5-2/h11,13H,4-10H2,1-3H3,(H,14,15). The molecule has 0 aromatic rings. The Kier molecular flexibility index (Phi) is 10.5. The van der Waals surface area contributed by atoms with Gasteiger partial charge >= 0.3 is 0 Å². The predicted octanol–water partition coefficient (Wildman–Crippen LogP) is 1.31. The molecule has 0 aliphatic rings. The zero-order chi connectivity index (χ0) is 12.2. The Morgan fingerprint density at radius 3 is 2.56 bits per heavy atom. The van der Waals surface area contributed by atoms with Gasteiger partial charge in [-0.3, -0.25) is 4.79 Å². The zero-order valence-corrected chi connectivity index (χ0v) is 10.8. The SMILES string of the molecule is CCCCNC(=O)C(C)OCCNCCC. The second-order valence-electron chi connectivity index (χ2n) is 3.91. The number of nitrogens with one attached hydrogen (secondary N) is 2. The minimum Gasteiger partial charge on any atom is -0.367 e. The van der Waals surface area contributed by atoms with Crippen molar-refractivity contribution in [2.24, 2.45) is 0 Å². The van der Waals surface area contributed by atoms with Crippen LogP contribution in [0.3, 0.4) is 0 Å². The maximum Gasteiger partial charge on any atom is 0.248 e. The molecule has 4 heteroatoms. The molecule has 2 N–H and O–H groups in total. The fourth-order valence-corrected chi connectivity index (χ4v) is 1.22. The number of hydrogen-bond donors (Lipinski definition) is 2. The van der Waals surface area contributed by atoms with Crippen molar-refractivity contribution < 1.29 is 9.53 Å². The van der Waals surface area contributed by atoms with Gasteiger partial charge in [0.15, 0.2) is 0 Å². The maximum atomic E-state index is 11.5. The summed E-state index contributed by atoms with van der Waals surface area (Å²) in [4.78, 5) is 11.5. The van der Waals surface area contributed by atoms with Crippen molar-refractivity contribution in [3.63, 3.8) is 0 Å². The molecule has 0 bridgehead atoms. The molecule has 0 aromatic heterocycles. The summed E-state index contributed by atoms with van der Waals surface area (Å²) in [6.07, 6.45) is 2.89. The molecule has 1 unspecified atom stereocenters. The second kappa shape index (κ2) is 10.9. The van der Waals surface area contributed by atoms with Crippen LogP contribution in [0.25, 0.3) is 0 Å². The van der Waals surface area contributed by atoms with Crippen molar-refractivity contribution in [1.29, 1.82) is 0 Å². The molecule has 0 heterocycles. The first-order valence-corrected chi connectivity index (χ1v) is 6.32. The molecular formula is C12H26N2O2. The van der Waals surface area contributed by atoms with Gasteiger partial charge in [-0.2, -0.15) is 0 Å². The van der Waals surface area contributed by atoms with Crippen molar-refractivity contribution in [3.8, 4) is 0 Å². The summed E-state index contributed by atoms with van der Waals surface area (Å²) in [5.74, 6) is -0.0102. The number of unbranched alkanes of at least 4 members (excludes halogenated alkanes) is 1. The van der Waals surface area contributed by atoms with E-state index in [0.717, 1.165) is 38.9 Å². The summed E-state index contributed by atoms with van der Waals surface area (Å²) in [6, 6.07) is 0. The number of hydrogen-bond acceptors (Lipinski definition) is 3. The summed E-state index contributed by atoms with van der Waals surface area (Å²) in [6.45, 7) is 9.16. The van der Waals surface area contributed by atoms with Crippen LogP contribution in [-0.2, 0) is 9.53 Å². The summed E-state index contributed by atoms with van der Waals surface area (Å²) in [5.41, 5.74) is 0. The average molecular weight is 230 g/mol. The van der Waals surface area contributed by atoms with Gasteiger partial charge < -0.3 is 15.4 Å². The molecule has 0 radical (unpaired) electrons. The Morgan fingerprint density at radius 1 is 1.19 bits per heavy atom. The fourth-order valence-electron chi connectivity index (χ4n) is 1.22. The van der Waals surface area contributed by atoms with Gasteiger partial charge in [-0.15, -0.1) is 0 Å². The summed E-state index contributed by atoms with van der Waals surface area (Å²) in [5, 5.41) is 6.08. The molecule has 0 spiro atoms. The van der Waals surface area contributed by atoms with E-state index in [1.807, 2.05) is 0 Å². The van der Waals surface area contributed by atoms with Crippen LogP contribution in [0.1, 0.15) is 40.0 Å². The summed E-state index contributed by atoms with van der Waals surface area (Å²) < 4.78 is 5.41. The van der Waals surface area contributed by atoms with Crippen LogP contribution in [0.4, 0.5) is 0 Å². The van der Waals surface area contributed by atoms with E-state index in [-0.39, 0.29) is 12.0 Å². The van der Waals surface area contributed by atoms with E-state index in [0.29, 0.717) is 6.61 Å². The monoisotopic (exact) mass is 230 g/mol. The van der Waals surface area contributed by atoms with Crippen LogP contribution in [0.5, 0.6) is 0 Å². The molecule has 0 aliphatic carbocycles. The topological polar surface area (TPSA) is 50.4 Å². The predicted molar refractivity (Wildman–Crippen MR) is 66.5 cm³/mol. The Hall–Kier alpha value is -0.610. The number of ether oxygens (including phenoxy) is 1. The van der Waals surface area contributed by atoms with Crippen molar-refractivity contribution in [2.45, 2.75) is 46.1 Å². The van der Waals surface area contributed by atoms with Gasteiger partial charge in [-0.1, -0.05) is 20.3 Å². The van der Waals surface area contributed by atoms with E-state index < -0.39 is 0 Å². The third kappa shape index (κ3) is 8.68. The Balaban J connectivity index is 3.40. The minimum absolute atomic E-state index is 0.0102. The first-order chi connectivity index (χ1) is 7.72. The number of carbonyl (C=O) groups excluding carboxylic acids is 1. The van der Waals surface area contributed by atoms with Crippen molar-refractivity contribution in [3.05, 3.63) is 0 Å². The molecule has 16 heavy (non-hydrogen) atoms. The van der Waals surface area contributed by atoms with Crippen molar-refractivity contribution in [1.82, 2.24) is 10.6 Å². The molecule has 1 atom stereocenters. The fraction of sp³-hybridized carbons (Fsp3) is 0.917. The van der Waals surface area contributed by atoms with Gasteiger partial charge in [0.25, 0.3) is 0 Å². The van der Waals surface area contributed by atoms with Gasteiger partial charge in [0.1, 0.15) is 6.10 Å². The lowest BCUT2D eigenvalue weighted by atomic mass is 10.3. The van der Waals surface area contributed by atoms with Crippen LogP contribution in [0.2, 0.25) is 0 Å². The van der Waals surface area contributed by atoms with Crippen molar-refractivity contribution >= 4 is 5.91 Å². The molecule has 0 rings (SSSR count). The van der Waals surface area contributed by atoms with E-state index in [2.05, 4.69) is 24.5 Å². The lowest BCUT2D eigenvalue weighted by Crippen LogP contribution is -2.36. The molecule has 0 fully saturated rings. The van der Waals surface area contributed by atoms with Gasteiger partial charge in [-0.05, 0) is 26.3 Å². The minimum atomic E-state index is -0.347. The van der Waals surface area contributed by atoms with E-state index in [1.54, 1.807) is 6.92 Å². The van der Waals surface area contributed by atoms with Gasteiger partial charge in [-0.25, -0.2) is 0 Å². The smallest absolute Gasteiger partial charge is 0.248 e. The van der Waals surface area contributed by atoms with Crippen LogP contribution in [0.15, 0.2) is 0 Å². The first-order valence-electron chi connectivity index (χ1n) is 6.32. The maximum absolute atomic E-state index is 11.5. The molecule has 96 valence electrons. The second-order valence-corrected chi connectivity index (χ2v) is 3.91. The van der Waals surface area contributed by atoms with E-state index in [4.69, 9.17) is 4.74 Å². The van der Waals surface area contributed by atoms with Gasteiger partial charge in [0.2, 0.25) is 5.91 Å². The van der Waals surface area contributed by atoms with Crippen LogP contribution in [-0.4, -0.2) is 38.3 Å². The highest BCUT2D eigenvalue weighted by Crippen LogP contribution is 1.91. The lowest BCUT2D eigenvalue weighted by molar-refractivity contribution is -0.131. The largest absolute Gasteiger partial charge is 0.367 e. The molecule has 0 aromatic carbocycles. The zero-order valence-electron chi connectivity index (χ0n) is 10.8. The summed E-state index contributed by atoms with van der Waals surface area (Å²) >= 11 is 0. The van der Waals surface area contributed by atoms with Crippen LogP contribution in [0, 0.1) is 0 Å². The molecule has 0 saturated carbocycles.